The molecule has 3 aromatic rings. The van der Waals surface area contributed by atoms with Gasteiger partial charge in [-0.25, -0.2) is 10.2 Å². The second kappa shape index (κ2) is 7.51. The van der Waals surface area contributed by atoms with Crippen LogP contribution in [0.15, 0.2) is 45.9 Å². The number of hydrogen-bond donors (Lipinski definition) is 2. The van der Waals surface area contributed by atoms with E-state index in [4.69, 9.17) is 24.4 Å². The highest BCUT2D eigenvalue weighted by Gasteiger charge is 2.17. The van der Waals surface area contributed by atoms with E-state index in [1.54, 1.807) is 13.3 Å². The average molecular weight is 381 g/mol. The van der Waals surface area contributed by atoms with Crippen LogP contribution < -0.4 is 25.4 Å². The molecule has 0 unspecified atom stereocenters. The molecule has 1 aliphatic rings. The number of carbonyl (C=O) groups excluding carboxylic acids is 1. The zero-order valence-corrected chi connectivity index (χ0v) is 15.2. The standard InChI is InChI=1S/C20H19N3O5/c1-25-18-8-12(3-2-6-22-23-20(21)24)7-14-10-16(28-19(14)18)13-4-5-15-17(9-13)27-11-26-15/h4-10H,2-3,11H2,1H3,(H3,21,23,24)/b22-6-. The zero-order valence-electron chi connectivity index (χ0n) is 15.2. The summed E-state index contributed by atoms with van der Waals surface area (Å²) >= 11 is 0. The first-order valence-electron chi connectivity index (χ1n) is 8.71. The van der Waals surface area contributed by atoms with Gasteiger partial charge in [0.15, 0.2) is 22.8 Å². The Morgan fingerprint density at radius 3 is 2.93 bits per heavy atom. The number of carbonyl (C=O) groups is 1. The highest BCUT2D eigenvalue weighted by molar-refractivity contribution is 5.88. The number of hydrazone groups is 1. The van der Waals surface area contributed by atoms with Gasteiger partial charge in [0, 0.05) is 17.2 Å². The number of fused-ring (bicyclic) bond motifs is 2. The van der Waals surface area contributed by atoms with E-state index in [-0.39, 0.29) is 6.79 Å². The molecule has 1 aromatic heterocycles. The third-order valence-electron chi connectivity index (χ3n) is 4.35. The van der Waals surface area contributed by atoms with Gasteiger partial charge in [0.1, 0.15) is 5.76 Å². The number of amides is 2. The molecule has 2 aromatic carbocycles. The lowest BCUT2D eigenvalue weighted by Crippen LogP contribution is -2.24. The zero-order chi connectivity index (χ0) is 19.5. The number of furan rings is 1. The van der Waals surface area contributed by atoms with Crippen LogP contribution in [0.2, 0.25) is 0 Å². The summed E-state index contributed by atoms with van der Waals surface area (Å²) in [6, 6.07) is 11.0. The van der Waals surface area contributed by atoms with Gasteiger partial charge in [0.2, 0.25) is 6.79 Å². The molecule has 144 valence electrons. The van der Waals surface area contributed by atoms with Gasteiger partial charge in [-0.1, -0.05) is 0 Å². The minimum absolute atomic E-state index is 0.231. The Hall–Kier alpha value is -3.68. The summed E-state index contributed by atoms with van der Waals surface area (Å²) in [6.45, 7) is 0.231. The number of nitrogens with two attached hydrogens (primary N) is 1. The number of urea groups is 1. The van der Waals surface area contributed by atoms with Crippen molar-refractivity contribution < 1.29 is 23.4 Å². The highest BCUT2D eigenvalue weighted by atomic mass is 16.7. The Balaban J connectivity index is 1.59. The number of nitrogens with zero attached hydrogens (tertiary/aromatic N) is 1. The molecule has 8 nitrogen and oxygen atoms in total. The van der Waals surface area contributed by atoms with Crippen LogP contribution in [0.5, 0.6) is 17.2 Å². The Labute approximate surface area is 160 Å². The first-order chi connectivity index (χ1) is 13.6. The summed E-state index contributed by atoms with van der Waals surface area (Å²) in [5.41, 5.74) is 9.78. The maximum Gasteiger partial charge on any atom is 0.332 e. The van der Waals surface area contributed by atoms with Gasteiger partial charge in [-0.3, -0.25) is 0 Å². The van der Waals surface area contributed by atoms with Crippen LogP contribution in [-0.4, -0.2) is 26.1 Å². The Morgan fingerprint density at radius 2 is 2.11 bits per heavy atom. The fraction of sp³-hybridized carbons (Fsp3) is 0.200. The molecule has 3 N–H and O–H groups in total. The second-order valence-corrected chi connectivity index (χ2v) is 6.22. The van der Waals surface area contributed by atoms with Crippen molar-refractivity contribution in [2.45, 2.75) is 12.8 Å². The van der Waals surface area contributed by atoms with Crippen molar-refractivity contribution >= 4 is 23.2 Å². The molecule has 8 heteroatoms. The van der Waals surface area contributed by atoms with Crippen molar-refractivity contribution in [1.82, 2.24) is 5.43 Å². The number of benzene rings is 2. The fourth-order valence-electron chi connectivity index (χ4n) is 3.07. The number of nitrogens with one attached hydrogen (secondary N) is 1. The van der Waals surface area contributed by atoms with Gasteiger partial charge < -0.3 is 24.4 Å². The van der Waals surface area contributed by atoms with Crippen LogP contribution in [0.3, 0.4) is 0 Å². The first-order valence-corrected chi connectivity index (χ1v) is 8.71. The van der Waals surface area contributed by atoms with Crippen LogP contribution >= 0.6 is 0 Å². The fourth-order valence-corrected chi connectivity index (χ4v) is 3.07. The van der Waals surface area contributed by atoms with Crippen molar-refractivity contribution in [1.29, 1.82) is 0 Å². The van der Waals surface area contributed by atoms with Crippen LogP contribution in [-0.2, 0) is 6.42 Å². The van der Waals surface area contributed by atoms with Crippen molar-refractivity contribution in [3.63, 3.8) is 0 Å². The predicted octanol–water partition coefficient (Wildman–Crippen LogP) is 3.42. The molecule has 0 spiro atoms. The quantitative estimate of drug-likeness (QED) is 0.502. The Morgan fingerprint density at radius 1 is 1.25 bits per heavy atom. The van der Waals surface area contributed by atoms with Crippen LogP contribution in [0.25, 0.3) is 22.3 Å². The van der Waals surface area contributed by atoms with E-state index in [2.05, 4.69) is 10.5 Å². The third-order valence-corrected chi connectivity index (χ3v) is 4.35. The molecule has 0 saturated carbocycles. The average Bonchev–Trinajstić information content (AvgIpc) is 3.32. The van der Waals surface area contributed by atoms with E-state index in [9.17, 15) is 4.79 Å². The van der Waals surface area contributed by atoms with Crippen LogP contribution in [0, 0.1) is 0 Å². The van der Waals surface area contributed by atoms with Gasteiger partial charge in [-0.05, 0) is 54.8 Å². The predicted molar refractivity (Wildman–Crippen MR) is 104 cm³/mol. The number of primary amides is 1. The normalized spacial score (nSPS) is 12.6. The Bertz CT molecular complexity index is 1060. The summed E-state index contributed by atoms with van der Waals surface area (Å²) in [4.78, 5) is 10.6. The molecule has 0 bridgehead atoms. The topological polar surface area (TPSA) is 108 Å². The molecule has 0 fully saturated rings. The maximum atomic E-state index is 10.6. The smallest absolute Gasteiger partial charge is 0.332 e. The van der Waals surface area contributed by atoms with E-state index in [0.717, 1.165) is 34.4 Å². The van der Waals surface area contributed by atoms with Gasteiger partial charge in [0.05, 0.1) is 7.11 Å². The maximum absolute atomic E-state index is 10.6. The lowest BCUT2D eigenvalue weighted by Gasteiger charge is -2.04. The SMILES string of the molecule is COc1cc(CC/C=N\NC(N)=O)cc2cc(-c3ccc4c(c3)OCO4)oc12. The van der Waals surface area contributed by atoms with Gasteiger partial charge in [-0.15, -0.1) is 0 Å². The molecule has 0 aliphatic carbocycles. The molecule has 0 radical (unpaired) electrons. The van der Waals surface area contributed by atoms with E-state index in [1.807, 2.05) is 36.4 Å². The second-order valence-electron chi connectivity index (χ2n) is 6.22. The molecule has 4 rings (SSSR count). The molecule has 2 amide bonds. The molecule has 1 aliphatic heterocycles. The van der Waals surface area contributed by atoms with Gasteiger partial charge >= 0.3 is 6.03 Å². The van der Waals surface area contributed by atoms with E-state index in [1.165, 1.54) is 0 Å². The summed E-state index contributed by atoms with van der Waals surface area (Å²) in [7, 11) is 1.61. The lowest BCUT2D eigenvalue weighted by molar-refractivity contribution is 0.174. The summed E-state index contributed by atoms with van der Waals surface area (Å²) in [5.74, 6) is 2.81. The Kier molecular flexibility index (Phi) is 4.76. The summed E-state index contributed by atoms with van der Waals surface area (Å²) in [5, 5.41) is 4.68. The minimum atomic E-state index is -0.686. The van der Waals surface area contributed by atoms with Crippen molar-refractivity contribution in [3.05, 3.63) is 42.0 Å². The monoisotopic (exact) mass is 381 g/mol. The van der Waals surface area contributed by atoms with Gasteiger partial charge in [-0.2, -0.15) is 5.10 Å². The van der Waals surface area contributed by atoms with E-state index in [0.29, 0.717) is 23.5 Å². The van der Waals surface area contributed by atoms with Crippen molar-refractivity contribution in [2.24, 2.45) is 10.8 Å². The molecule has 0 saturated heterocycles. The molecule has 28 heavy (non-hydrogen) atoms. The molecule has 2 heterocycles. The van der Waals surface area contributed by atoms with Crippen molar-refractivity contribution in [3.8, 4) is 28.6 Å². The van der Waals surface area contributed by atoms with E-state index >= 15 is 0 Å². The van der Waals surface area contributed by atoms with Gasteiger partial charge in [0.25, 0.3) is 0 Å². The summed E-state index contributed by atoms with van der Waals surface area (Å²) < 4.78 is 22.4. The largest absolute Gasteiger partial charge is 0.493 e. The number of rotatable bonds is 6. The highest BCUT2D eigenvalue weighted by Crippen LogP contribution is 2.39. The van der Waals surface area contributed by atoms with Crippen LogP contribution in [0.4, 0.5) is 4.79 Å². The lowest BCUT2D eigenvalue weighted by atomic mass is 10.1. The van der Waals surface area contributed by atoms with E-state index < -0.39 is 6.03 Å². The molecular formula is C20H19N3O5. The first kappa shape index (κ1) is 17.7. The van der Waals surface area contributed by atoms with Crippen LogP contribution in [0.1, 0.15) is 12.0 Å². The number of aryl methyl sites for hydroxylation is 1. The molecule has 0 atom stereocenters. The molecular weight excluding hydrogens is 362 g/mol. The third kappa shape index (κ3) is 3.57. The number of methoxy groups -OCH3 is 1. The minimum Gasteiger partial charge on any atom is -0.493 e. The summed E-state index contributed by atoms with van der Waals surface area (Å²) in [6.07, 6.45) is 2.97. The number of hydrogen-bond acceptors (Lipinski definition) is 6. The van der Waals surface area contributed by atoms with Crippen molar-refractivity contribution in [2.75, 3.05) is 13.9 Å². The number of ether oxygens (including phenoxy) is 3.